The quantitative estimate of drug-likeness (QED) is 0.440. The summed E-state index contributed by atoms with van der Waals surface area (Å²) in [4.78, 5) is 20.3. The molecule has 3 aromatic rings. The standard InChI is InChI=1S/C28H30N4O5S/c1-34-23-11-10-19(16-24(23)35-2)18-29-27(33)36-25-17-28(37-31-25)12-14-32(15-13-28)26(38)30-22-9-5-7-20-6-3-4-8-21(20)22/h3-11,16H,12-15,17-18H2,1-2H3,(H,29,33)(H,30,38). The zero-order valence-corrected chi connectivity index (χ0v) is 22.2. The highest BCUT2D eigenvalue weighted by Gasteiger charge is 2.44. The number of piperidine rings is 1. The lowest BCUT2D eigenvalue weighted by Crippen LogP contribution is -2.48. The lowest BCUT2D eigenvalue weighted by Gasteiger charge is -2.38. The van der Waals surface area contributed by atoms with Crippen molar-refractivity contribution in [2.75, 3.05) is 32.6 Å². The van der Waals surface area contributed by atoms with Gasteiger partial charge in [0.25, 0.3) is 0 Å². The zero-order chi connectivity index (χ0) is 26.5. The fourth-order valence-electron chi connectivity index (χ4n) is 4.76. The van der Waals surface area contributed by atoms with E-state index < -0.39 is 11.7 Å². The van der Waals surface area contributed by atoms with E-state index in [1.165, 1.54) is 0 Å². The van der Waals surface area contributed by atoms with Crippen LogP contribution in [0.2, 0.25) is 0 Å². The first-order valence-corrected chi connectivity index (χ1v) is 12.8. The minimum atomic E-state index is -0.586. The second kappa shape index (κ2) is 11.1. The van der Waals surface area contributed by atoms with Crippen LogP contribution in [0.1, 0.15) is 24.8 Å². The van der Waals surface area contributed by atoms with Crippen LogP contribution in [0, 0.1) is 0 Å². The van der Waals surface area contributed by atoms with Gasteiger partial charge in [-0.1, -0.05) is 47.6 Å². The minimum Gasteiger partial charge on any atom is -0.493 e. The number of hydrogen-bond donors (Lipinski definition) is 2. The van der Waals surface area contributed by atoms with E-state index in [1.54, 1.807) is 26.4 Å². The third-order valence-corrected chi connectivity index (χ3v) is 7.26. The van der Waals surface area contributed by atoms with E-state index in [-0.39, 0.29) is 12.4 Å². The fourth-order valence-corrected chi connectivity index (χ4v) is 5.06. The van der Waals surface area contributed by atoms with Crippen LogP contribution in [-0.4, -0.2) is 54.9 Å². The lowest BCUT2D eigenvalue weighted by molar-refractivity contribution is -0.0521. The molecule has 2 heterocycles. The summed E-state index contributed by atoms with van der Waals surface area (Å²) in [7, 11) is 3.14. The van der Waals surface area contributed by atoms with Crippen molar-refractivity contribution in [3.8, 4) is 11.5 Å². The van der Waals surface area contributed by atoms with Crippen LogP contribution in [0.25, 0.3) is 10.8 Å². The van der Waals surface area contributed by atoms with Gasteiger partial charge in [0, 0.05) is 43.5 Å². The molecule has 0 bridgehead atoms. The maximum absolute atomic E-state index is 12.4. The van der Waals surface area contributed by atoms with Crippen LogP contribution in [0.3, 0.4) is 0 Å². The molecule has 1 spiro atoms. The molecule has 5 rings (SSSR count). The number of anilines is 1. The van der Waals surface area contributed by atoms with Gasteiger partial charge in [0.2, 0.25) is 5.90 Å². The highest BCUT2D eigenvalue weighted by atomic mass is 32.1. The number of hydrogen-bond acceptors (Lipinski definition) is 7. The van der Waals surface area contributed by atoms with E-state index in [0.29, 0.717) is 49.0 Å². The number of amides is 1. The van der Waals surface area contributed by atoms with E-state index in [9.17, 15) is 4.79 Å². The van der Waals surface area contributed by atoms with E-state index in [0.717, 1.165) is 22.0 Å². The molecule has 2 aliphatic rings. The number of oxime groups is 1. The van der Waals surface area contributed by atoms with Gasteiger partial charge in [-0.25, -0.2) is 4.79 Å². The minimum absolute atomic E-state index is 0.272. The SMILES string of the molecule is COc1ccc(CNC(=O)OC2=NOC3(CCN(C(=S)Nc4cccc5ccccc45)CC3)C2)cc1OC. The van der Waals surface area contributed by atoms with Gasteiger partial charge in [0.05, 0.1) is 20.6 Å². The monoisotopic (exact) mass is 534 g/mol. The second-order valence-electron chi connectivity index (χ2n) is 9.31. The lowest BCUT2D eigenvalue weighted by atomic mass is 9.88. The van der Waals surface area contributed by atoms with Gasteiger partial charge >= 0.3 is 6.09 Å². The van der Waals surface area contributed by atoms with Gasteiger partial charge in [-0.2, -0.15) is 0 Å². The van der Waals surface area contributed by atoms with Crippen molar-refractivity contribution in [2.45, 2.75) is 31.4 Å². The van der Waals surface area contributed by atoms with E-state index in [2.05, 4.69) is 38.9 Å². The first kappa shape index (κ1) is 25.6. The van der Waals surface area contributed by atoms with Crippen LogP contribution >= 0.6 is 12.2 Å². The van der Waals surface area contributed by atoms with Crippen molar-refractivity contribution in [3.05, 3.63) is 66.2 Å². The Balaban J connectivity index is 1.09. The molecule has 0 aromatic heterocycles. The van der Waals surface area contributed by atoms with Crippen LogP contribution in [0.5, 0.6) is 11.5 Å². The molecule has 0 saturated carbocycles. The Kier molecular flexibility index (Phi) is 7.50. The average Bonchev–Trinajstić information content (AvgIpc) is 3.33. The molecule has 10 heteroatoms. The van der Waals surface area contributed by atoms with Crippen molar-refractivity contribution >= 4 is 45.8 Å². The molecule has 0 aliphatic carbocycles. The molecule has 198 valence electrons. The number of ether oxygens (including phenoxy) is 3. The number of fused-ring (bicyclic) bond motifs is 1. The van der Waals surface area contributed by atoms with Crippen LogP contribution in [0.4, 0.5) is 10.5 Å². The van der Waals surface area contributed by atoms with Gasteiger partial charge in [0.15, 0.2) is 16.6 Å². The summed E-state index contributed by atoms with van der Waals surface area (Å²) in [5.41, 5.74) is 1.36. The normalized spacial score (nSPS) is 15.9. The third kappa shape index (κ3) is 5.60. The van der Waals surface area contributed by atoms with Crippen molar-refractivity contribution in [1.82, 2.24) is 10.2 Å². The Morgan fingerprint density at radius 1 is 1.05 bits per heavy atom. The van der Waals surface area contributed by atoms with E-state index in [1.807, 2.05) is 30.3 Å². The highest BCUT2D eigenvalue weighted by Crippen LogP contribution is 2.35. The van der Waals surface area contributed by atoms with Crippen LogP contribution < -0.4 is 20.1 Å². The second-order valence-corrected chi connectivity index (χ2v) is 9.70. The Bertz CT molecular complexity index is 1370. The average molecular weight is 535 g/mol. The topological polar surface area (TPSA) is 93.7 Å². The number of benzene rings is 3. The van der Waals surface area contributed by atoms with Crippen LogP contribution in [0.15, 0.2) is 65.8 Å². The number of carbonyl (C=O) groups excluding carboxylic acids is 1. The number of alkyl carbamates (subject to hydrolysis) is 1. The molecule has 1 fully saturated rings. The highest BCUT2D eigenvalue weighted by molar-refractivity contribution is 7.80. The number of methoxy groups -OCH3 is 2. The number of rotatable bonds is 5. The molecule has 38 heavy (non-hydrogen) atoms. The predicted molar refractivity (Wildman–Crippen MR) is 150 cm³/mol. The van der Waals surface area contributed by atoms with Crippen molar-refractivity contribution in [3.63, 3.8) is 0 Å². The van der Waals surface area contributed by atoms with Gasteiger partial charge in [-0.15, -0.1) is 0 Å². The van der Waals surface area contributed by atoms with Gasteiger partial charge in [-0.3, -0.25) is 0 Å². The number of likely N-dealkylation sites (tertiary alicyclic amines) is 1. The van der Waals surface area contributed by atoms with Gasteiger partial charge in [-0.05, 0) is 41.4 Å². The maximum atomic E-state index is 12.4. The number of thiocarbonyl (C=S) groups is 1. The van der Waals surface area contributed by atoms with Gasteiger partial charge in [0.1, 0.15) is 5.60 Å². The molecule has 9 nitrogen and oxygen atoms in total. The maximum Gasteiger partial charge on any atom is 0.414 e. The summed E-state index contributed by atoms with van der Waals surface area (Å²) in [5.74, 6) is 1.49. The molecule has 1 saturated heterocycles. The van der Waals surface area contributed by atoms with E-state index in [4.69, 9.17) is 31.3 Å². The third-order valence-electron chi connectivity index (χ3n) is 6.90. The molecule has 0 radical (unpaired) electrons. The fraction of sp³-hybridized carbons (Fsp3) is 0.321. The number of nitrogens with zero attached hydrogens (tertiary/aromatic N) is 2. The predicted octanol–water partition coefficient (Wildman–Crippen LogP) is 5.05. The summed E-state index contributed by atoms with van der Waals surface area (Å²) in [5, 5.41) is 13.2. The molecule has 0 atom stereocenters. The summed E-state index contributed by atoms with van der Waals surface area (Å²) < 4.78 is 16.0. The summed E-state index contributed by atoms with van der Waals surface area (Å²) in [6, 6.07) is 19.8. The van der Waals surface area contributed by atoms with Crippen molar-refractivity contribution in [1.29, 1.82) is 0 Å². The smallest absolute Gasteiger partial charge is 0.414 e. The first-order valence-electron chi connectivity index (χ1n) is 12.4. The number of carbonyl (C=O) groups is 1. The summed E-state index contributed by atoms with van der Waals surface area (Å²) >= 11 is 5.71. The molecule has 1 amide bonds. The Morgan fingerprint density at radius 3 is 2.61 bits per heavy atom. The zero-order valence-electron chi connectivity index (χ0n) is 21.4. The van der Waals surface area contributed by atoms with Gasteiger partial charge < -0.3 is 34.6 Å². The Hall–Kier alpha value is -4.05. The summed E-state index contributed by atoms with van der Waals surface area (Å²) in [6.07, 6.45) is 1.29. The number of nitrogens with one attached hydrogen (secondary N) is 2. The van der Waals surface area contributed by atoms with Crippen molar-refractivity contribution < 1.29 is 23.8 Å². The molecule has 0 unspecified atom stereocenters. The summed E-state index contributed by atoms with van der Waals surface area (Å²) in [6.45, 7) is 1.70. The van der Waals surface area contributed by atoms with Crippen molar-refractivity contribution in [2.24, 2.45) is 5.16 Å². The molecular weight excluding hydrogens is 504 g/mol. The molecular formula is C28H30N4O5S. The van der Waals surface area contributed by atoms with E-state index >= 15 is 0 Å². The Labute approximate surface area is 226 Å². The van der Waals surface area contributed by atoms with Crippen LogP contribution in [-0.2, 0) is 16.1 Å². The largest absolute Gasteiger partial charge is 0.493 e. The molecule has 3 aromatic carbocycles. The molecule has 2 N–H and O–H groups in total. The Morgan fingerprint density at radius 2 is 1.82 bits per heavy atom. The first-order chi connectivity index (χ1) is 18.5. The molecule has 2 aliphatic heterocycles.